The maximum Gasteiger partial charge on any atom is 0.229 e. The van der Waals surface area contributed by atoms with E-state index in [1.165, 1.54) is 0 Å². The van der Waals surface area contributed by atoms with E-state index in [0.29, 0.717) is 17.4 Å². The highest BCUT2D eigenvalue weighted by Crippen LogP contribution is 2.28. The average molecular weight is 340 g/mol. The van der Waals surface area contributed by atoms with Crippen LogP contribution in [0.25, 0.3) is 11.2 Å². The van der Waals surface area contributed by atoms with E-state index in [4.69, 9.17) is 4.74 Å². The van der Waals surface area contributed by atoms with Gasteiger partial charge in [-0.2, -0.15) is 9.97 Å². The quantitative estimate of drug-likeness (QED) is 0.654. The summed E-state index contributed by atoms with van der Waals surface area (Å²) >= 11 is 0. The summed E-state index contributed by atoms with van der Waals surface area (Å²) in [5.74, 6) is 2.00. The molecule has 1 aliphatic rings. The number of anilines is 3. The first-order chi connectivity index (χ1) is 12.3. The summed E-state index contributed by atoms with van der Waals surface area (Å²) in [6.07, 6.45) is 3.57. The van der Waals surface area contributed by atoms with Crippen molar-refractivity contribution in [3.05, 3.63) is 30.6 Å². The van der Waals surface area contributed by atoms with Crippen LogP contribution in [-0.4, -0.2) is 51.3 Å². The number of H-pyrrole nitrogens is 1. The number of hydrogen-bond donors (Lipinski definition) is 3. The molecule has 3 heterocycles. The molecule has 0 amide bonds. The van der Waals surface area contributed by atoms with E-state index < -0.39 is 0 Å². The molecule has 0 saturated carbocycles. The molecule has 0 unspecified atom stereocenters. The van der Waals surface area contributed by atoms with E-state index in [1.807, 2.05) is 29.2 Å². The van der Waals surface area contributed by atoms with Crippen molar-refractivity contribution in [2.75, 3.05) is 30.5 Å². The molecular formula is C17H20N6O2. The molecule has 0 spiro atoms. The molecule has 0 bridgehead atoms. The summed E-state index contributed by atoms with van der Waals surface area (Å²) in [6.45, 7) is 0.931. The van der Waals surface area contributed by atoms with E-state index in [0.717, 1.165) is 36.3 Å². The highest BCUT2D eigenvalue weighted by Gasteiger charge is 2.27. The number of hydrogen-bond acceptors (Lipinski definition) is 7. The molecule has 1 saturated heterocycles. The number of aromatic nitrogens is 4. The number of aromatic amines is 1. The first kappa shape index (κ1) is 15.6. The zero-order valence-electron chi connectivity index (χ0n) is 13.9. The van der Waals surface area contributed by atoms with Crippen LogP contribution >= 0.6 is 0 Å². The Bertz CT molecular complexity index is 880. The minimum absolute atomic E-state index is 0.0565. The fraction of sp³-hybridized carbons (Fsp3) is 0.353. The number of ether oxygens (including phenoxy) is 1. The van der Waals surface area contributed by atoms with Crippen LogP contribution in [0, 0.1) is 0 Å². The van der Waals surface area contributed by atoms with Gasteiger partial charge in [-0.05, 0) is 25.0 Å². The van der Waals surface area contributed by atoms with Crippen LogP contribution in [0.5, 0.6) is 5.75 Å². The van der Waals surface area contributed by atoms with Crippen molar-refractivity contribution in [2.24, 2.45) is 0 Å². The van der Waals surface area contributed by atoms with Crippen molar-refractivity contribution in [3.8, 4) is 5.75 Å². The lowest BCUT2D eigenvalue weighted by molar-refractivity contribution is 0.265. The summed E-state index contributed by atoms with van der Waals surface area (Å²) in [5, 5.41) is 12.9. The molecule has 25 heavy (non-hydrogen) atoms. The molecule has 0 aliphatic carbocycles. The lowest BCUT2D eigenvalue weighted by Gasteiger charge is -2.23. The highest BCUT2D eigenvalue weighted by molar-refractivity contribution is 5.86. The van der Waals surface area contributed by atoms with Crippen molar-refractivity contribution in [3.63, 3.8) is 0 Å². The fourth-order valence-electron chi connectivity index (χ4n) is 3.17. The third-order valence-electron chi connectivity index (χ3n) is 4.45. The van der Waals surface area contributed by atoms with E-state index in [-0.39, 0.29) is 12.6 Å². The summed E-state index contributed by atoms with van der Waals surface area (Å²) in [5.41, 5.74) is 2.20. The Hall–Kier alpha value is -2.87. The maximum absolute atomic E-state index is 9.58. The van der Waals surface area contributed by atoms with E-state index in [2.05, 4.69) is 25.3 Å². The number of imidazole rings is 1. The van der Waals surface area contributed by atoms with Crippen molar-refractivity contribution < 1.29 is 9.84 Å². The number of rotatable bonds is 5. The number of aliphatic hydroxyl groups is 1. The highest BCUT2D eigenvalue weighted by atomic mass is 16.5. The Morgan fingerprint density at radius 1 is 1.40 bits per heavy atom. The Kier molecular flexibility index (Phi) is 4.10. The largest absolute Gasteiger partial charge is 0.497 e. The molecule has 1 atom stereocenters. The van der Waals surface area contributed by atoms with Crippen molar-refractivity contribution in [2.45, 2.75) is 18.9 Å². The molecule has 3 N–H and O–H groups in total. The normalized spacial score (nSPS) is 17.2. The standard InChI is InChI=1S/C17H20N6O2/c1-25-13-6-2-4-11(8-13)20-16-14-15(19-10-18-14)21-17(22-16)23-7-3-5-12(23)9-24/h2,4,6,8,10,12,24H,3,5,7,9H2,1H3,(H2,18,19,20,21,22)/t12-/m1/s1. The van der Waals surface area contributed by atoms with Gasteiger partial charge in [0.15, 0.2) is 11.5 Å². The van der Waals surface area contributed by atoms with E-state index >= 15 is 0 Å². The summed E-state index contributed by atoms with van der Waals surface area (Å²) in [6, 6.07) is 7.70. The zero-order chi connectivity index (χ0) is 17.2. The van der Waals surface area contributed by atoms with Gasteiger partial charge in [0.2, 0.25) is 5.95 Å². The Morgan fingerprint density at radius 3 is 3.16 bits per heavy atom. The first-order valence-corrected chi connectivity index (χ1v) is 8.28. The molecule has 1 fully saturated rings. The van der Waals surface area contributed by atoms with Crippen LogP contribution in [-0.2, 0) is 0 Å². The number of nitrogens with one attached hydrogen (secondary N) is 2. The fourth-order valence-corrected chi connectivity index (χ4v) is 3.17. The molecular weight excluding hydrogens is 320 g/mol. The van der Waals surface area contributed by atoms with Crippen molar-refractivity contribution in [1.82, 2.24) is 19.9 Å². The van der Waals surface area contributed by atoms with Crippen LogP contribution < -0.4 is 15.0 Å². The van der Waals surface area contributed by atoms with Crippen LogP contribution in [0.2, 0.25) is 0 Å². The minimum atomic E-state index is 0.0565. The van der Waals surface area contributed by atoms with Crippen LogP contribution in [0.1, 0.15) is 12.8 Å². The molecule has 4 rings (SSSR count). The smallest absolute Gasteiger partial charge is 0.229 e. The second-order valence-corrected chi connectivity index (χ2v) is 6.00. The Balaban J connectivity index is 1.73. The molecule has 3 aromatic rings. The van der Waals surface area contributed by atoms with Gasteiger partial charge in [-0.25, -0.2) is 4.98 Å². The van der Waals surface area contributed by atoms with Gasteiger partial charge < -0.3 is 25.0 Å². The lowest BCUT2D eigenvalue weighted by atomic mass is 10.2. The molecule has 130 valence electrons. The average Bonchev–Trinajstić information content (AvgIpc) is 3.30. The Morgan fingerprint density at radius 2 is 2.32 bits per heavy atom. The second kappa shape index (κ2) is 6.56. The third-order valence-corrected chi connectivity index (χ3v) is 4.45. The predicted octanol–water partition coefficient (Wildman–Crippen LogP) is 2.07. The van der Waals surface area contributed by atoms with Gasteiger partial charge in [0.25, 0.3) is 0 Å². The van der Waals surface area contributed by atoms with Crippen LogP contribution in [0.4, 0.5) is 17.5 Å². The predicted molar refractivity (Wildman–Crippen MR) is 95.4 cm³/mol. The second-order valence-electron chi connectivity index (χ2n) is 6.00. The lowest BCUT2D eigenvalue weighted by Crippen LogP contribution is -2.33. The van der Waals surface area contributed by atoms with Gasteiger partial charge in [0, 0.05) is 18.3 Å². The zero-order valence-corrected chi connectivity index (χ0v) is 13.9. The number of nitrogens with zero attached hydrogens (tertiary/aromatic N) is 4. The van der Waals surface area contributed by atoms with Gasteiger partial charge >= 0.3 is 0 Å². The number of aliphatic hydroxyl groups excluding tert-OH is 1. The molecule has 2 aromatic heterocycles. The molecule has 0 radical (unpaired) electrons. The van der Waals surface area contributed by atoms with E-state index in [1.54, 1.807) is 13.4 Å². The van der Waals surface area contributed by atoms with E-state index in [9.17, 15) is 5.11 Å². The van der Waals surface area contributed by atoms with Gasteiger partial charge in [-0.1, -0.05) is 6.07 Å². The Labute approximate surface area is 144 Å². The van der Waals surface area contributed by atoms with Gasteiger partial charge in [0.05, 0.1) is 26.1 Å². The van der Waals surface area contributed by atoms with Crippen LogP contribution in [0.3, 0.4) is 0 Å². The number of fused-ring (bicyclic) bond motifs is 1. The number of methoxy groups -OCH3 is 1. The van der Waals surface area contributed by atoms with Gasteiger partial charge in [-0.15, -0.1) is 0 Å². The maximum atomic E-state index is 9.58. The summed E-state index contributed by atoms with van der Waals surface area (Å²) in [7, 11) is 1.64. The first-order valence-electron chi connectivity index (χ1n) is 8.28. The van der Waals surface area contributed by atoms with Crippen LogP contribution in [0.15, 0.2) is 30.6 Å². The summed E-state index contributed by atoms with van der Waals surface area (Å²) < 4.78 is 5.27. The van der Waals surface area contributed by atoms with Crippen molar-refractivity contribution in [1.29, 1.82) is 0 Å². The van der Waals surface area contributed by atoms with Gasteiger partial charge in [-0.3, -0.25) is 0 Å². The third kappa shape index (κ3) is 2.96. The SMILES string of the molecule is COc1cccc(Nc2nc(N3CCC[C@@H]3CO)nc3nc[nH]c23)c1. The van der Waals surface area contributed by atoms with Crippen molar-refractivity contribution >= 4 is 28.6 Å². The number of benzene rings is 1. The minimum Gasteiger partial charge on any atom is -0.497 e. The molecule has 1 aliphatic heterocycles. The topological polar surface area (TPSA) is 99.2 Å². The summed E-state index contributed by atoms with van der Waals surface area (Å²) in [4.78, 5) is 18.6. The molecule has 1 aromatic carbocycles. The monoisotopic (exact) mass is 340 g/mol. The van der Waals surface area contributed by atoms with Gasteiger partial charge in [0.1, 0.15) is 11.3 Å². The molecule has 8 nitrogen and oxygen atoms in total. The molecule has 8 heteroatoms.